The number of halogens is 2. The van der Waals surface area contributed by atoms with Gasteiger partial charge in [-0.05, 0) is 60.7 Å². The zero-order valence-electron chi connectivity index (χ0n) is 15.1. The summed E-state index contributed by atoms with van der Waals surface area (Å²) in [4.78, 5) is 12.4. The van der Waals surface area contributed by atoms with Crippen LogP contribution in [0.2, 0.25) is 5.02 Å². The van der Waals surface area contributed by atoms with E-state index in [4.69, 9.17) is 16.3 Å². The lowest BCUT2D eigenvalue weighted by Gasteiger charge is -2.14. The lowest BCUT2D eigenvalue weighted by molar-refractivity contribution is 0.102. The first-order chi connectivity index (χ1) is 13.8. The van der Waals surface area contributed by atoms with Crippen LogP contribution in [-0.4, -0.2) is 21.4 Å². The average molecular weight is 435 g/mol. The fraction of sp³-hybridized carbons (Fsp3) is 0.0500. The molecule has 0 aromatic heterocycles. The Morgan fingerprint density at radius 2 is 1.76 bits per heavy atom. The molecule has 0 atom stereocenters. The van der Waals surface area contributed by atoms with Crippen LogP contribution in [0, 0.1) is 5.82 Å². The fourth-order valence-corrected chi connectivity index (χ4v) is 3.78. The Balaban J connectivity index is 1.90. The van der Waals surface area contributed by atoms with Crippen molar-refractivity contribution in [2.75, 3.05) is 17.1 Å². The summed E-state index contributed by atoms with van der Waals surface area (Å²) in [6.07, 6.45) is 0. The minimum absolute atomic E-state index is 0.0345. The molecule has 1 amide bonds. The van der Waals surface area contributed by atoms with E-state index >= 15 is 0 Å². The molecule has 6 nitrogen and oxygen atoms in total. The lowest BCUT2D eigenvalue weighted by atomic mass is 10.1. The largest absolute Gasteiger partial charge is 0.497 e. The number of hydrogen-bond donors (Lipinski definition) is 2. The van der Waals surface area contributed by atoms with Crippen molar-refractivity contribution in [3.63, 3.8) is 0 Å². The highest BCUT2D eigenvalue weighted by Crippen LogP contribution is 2.26. The van der Waals surface area contributed by atoms with Gasteiger partial charge in [0, 0.05) is 10.7 Å². The van der Waals surface area contributed by atoms with Gasteiger partial charge < -0.3 is 10.1 Å². The molecule has 29 heavy (non-hydrogen) atoms. The minimum atomic E-state index is -4.14. The molecule has 3 rings (SSSR count). The highest BCUT2D eigenvalue weighted by Gasteiger charge is 2.20. The Bertz CT molecular complexity index is 1150. The van der Waals surface area contributed by atoms with E-state index in [1.807, 2.05) is 0 Å². The second kappa shape index (κ2) is 8.50. The van der Waals surface area contributed by atoms with Crippen molar-refractivity contribution in [1.29, 1.82) is 0 Å². The highest BCUT2D eigenvalue weighted by molar-refractivity contribution is 7.92. The molecular weight excluding hydrogens is 419 g/mol. The predicted molar refractivity (Wildman–Crippen MR) is 110 cm³/mol. The topological polar surface area (TPSA) is 84.5 Å². The third-order valence-electron chi connectivity index (χ3n) is 3.92. The van der Waals surface area contributed by atoms with Gasteiger partial charge in [0.15, 0.2) is 0 Å². The first kappa shape index (κ1) is 20.6. The van der Waals surface area contributed by atoms with Gasteiger partial charge in [-0.3, -0.25) is 9.52 Å². The van der Waals surface area contributed by atoms with Gasteiger partial charge in [-0.25, -0.2) is 12.8 Å². The summed E-state index contributed by atoms with van der Waals surface area (Å²) in [6, 6.07) is 15.3. The molecule has 0 spiro atoms. The van der Waals surface area contributed by atoms with Crippen LogP contribution in [0.5, 0.6) is 5.75 Å². The smallest absolute Gasteiger partial charge is 0.262 e. The van der Waals surface area contributed by atoms with Crippen molar-refractivity contribution in [2.24, 2.45) is 0 Å². The number of carbonyl (C=O) groups is 1. The fourth-order valence-electron chi connectivity index (χ4n) is 2.51. The second-order valence-corrected chi connectivity index (χ2v) is 8.05. The number of hydrogen-bond acceptors (Lipinski definition) is 4. The van der Waals surface area contributed by atoms with Crippen LogP contribution in [0.15, 0.2) is 71.6 Å². The third kappa shape index (κ3) is 5.04. The molecule has 0 fully saturated rings. The van der Waals surface area contributed by atoms with Crippen molar-refractivity contribution in [3.05, 3.63) is 83.1 Å². The summed E-state index contributed by atoms with van der Waals surface area (Å²) in [7, 11) is -2.61. The van der Waals surface area contributed by atoms with Crippen LogP contribution >= 0.6 is 11.6 Å². The first-order valence-electron chi connectivity index (χ1n) is 8.32. The molecule has 0 heterocycles. The average Bonchev–Trinajstić information content (AvgIpc) is 2.68. The molecule has 0 bridgehead atoms. The zero-order valence-corrected chi connectivity index (χ0v) is 16.7. The van der Waals surface area contributed by atoms with Crippen LogP contribution < -0.4 is 14.8 Å². The molecule has 9 heteroatoms. The van der Waals surface area contributed by atoms with Gasteiger partial charge in [0.25, 0.3) is 15.9 Å². The van der Waals surface area contributed by atoms with Gasteiger partial charge in [0.2, 0.25) is 0 Å². The Hall–Kier alpha value is -3.10. The molecule has 0 unspecified atom stereocenters. The number of carbonyl (C=O) groups excluding carboxylic acids is 1. The van der Waals surface area contributed by atoms with Crippen molar-refractivity contribution >= 4 is 38.9 Å². The van der Waals surface area contributed by atoms with E-state index < -0.39 is 21.7 Å². The second-order valence-electron chi connectivity index (χ2n) is 5.94. The Morgan fingerprint density at radius 1 is 1.03 bits per heavy atom. The van der Waals surface area contributed by atoms with E-state index in [-0.39, 0.29) is 21.2 Å². The normalized spacial score (nSPS) is 11.0. The summed E-state index contributed by atoms with van der Waals surface area (Å²) in [5.74, 6) is -0.627. The van der Waals surface area contributed by atoms with E-state index in [2.05, 4.69) is 10.0 Å². The standard InChI is InChI=1S/C20H16ClFN2O4S/c1-28-16-8-6-15(7-9-16)23-20(25)18-10-5-13(21)11-19(18)24-29(26,27)17-4-2-3-14(22)12-17/h2-12,24H,1H3,(H,23,25). The number of benzene rings is 3. The number of sulfonamides is 1. The van der Waals surface area contributed by atoms with E-state index in [9.17, 15) is 17.6 Å². The number of amides is 1. The molecule has 0 radical (unpaired) electrons. The summed E-state index contributed by atoms with van der Waals surface area (Å²) in [6.45, 7) is 0. The Morgan fingerprint density at radius 3 is 2.41 bits per heavy atom. The zero-order chi connectivity index (χ0) is 21.0. The van der Waals surface area contributed by atoms with Crippen LogP contribution in [0.4, 0.5) is 15.8 Å². The molecule has 0 aliphatic heterocycles. The van der Waals surface area contributed by atoms with Crippen molar-refractivity contribution in [2.45, 2.75) is 4.90 Å². The summed E-state index contributed by atoms with van der Waals surface area (Å²) >= 11 is 5.97. The Labute approximate surface area is 172 Å². The molecule has 0 saturated carbocycles. The van der Waals surface area contributed by atoms with E-state index in [1.54, 1.807) is 24.3 Å². The van der Waals surface area contributed by atoms with Crippen LogP contribution in [0.25, 0.3) is 0 Å². The molecule has 3 aromatic rings. The van der Waals surface area contributed by atoms with Crippen molar-refractivity contribution in [1.82, 2.24) is 0 Å². The summed E-state index contributed by atoms with van der Waals surface area (Å²) in [5, 5.41) is 2.90. The van der Waals surface area contributed by atoms with E-state index in [1.165, 1.54) is 37.4 Å². The van der Waals surface area contributed by atoms with E-state index in [0.717, 1.165) is 12.1 Å². The third-order valence-corrected chi connectivity index (χ3v) is 5.52. The summed E-state index contributed by atoms with van der Waals surface area (Å²) < 4.78 is 46.0. The lowest BCUT2D eigenvalue weighted by Crippen LogP contribution is -2.18. The van der Waals surface area contributed by atoms with Gasteiger partial charge >= 0.3 is 0 Å². The highest BCUT2D eigenvalue weighted by atomic mass is 35.5. The van der Waals surface area contributed by atoms with Crippen molar-refractivity contribution < 1.29 is 22.3 Å². The van der Waals surface area contributed by atoms with Gasteiger partial charge in [-0.1, -0.05) is 17.7 Å². The predicted octanol–water partition coefficient (Wildman–Crippen LogP) is 4.54. The maximum atomic E-state index is 13.4. The number of rotatable bonds is 6. The SMILES string of the molecule is COc1ccc(NC(=O)c2ccc(Cl)cc2NS(=O)(=O)c2cccc(F)c2)cc1. The van der Waals surface area contributed by atoms with Gasteiger partial charge in [0.05, 0.1) is 23.3 Å². The number of nitrogens with one attached hydrogen (secondary N) is 2. The molecule has 0 aliphatic rings. The van der Waals surface area contributed by atoms with Crippen molar-refractivity contribution in [3.8, 4) is 5.75 Å². The molecular formula is C20H16ClFN2O4S. The van der Waals surface area contributed by atoms with Gasteiger partial charge in [-0.15, -0.1) is 0 Å². The number of ether oxygens (including phenoxy) is 1. The molecule has 150 valence electrons. The Kier molecular flexibility index (Phi) is 6.05. The molecule has 2 N–H and O–H groups in total. The maximum absolute atomic E-state index is 13.4. The molecule has 3 aromatic carbocycles. The number of methoxy groups -OCH3 is 1. The molecule has 0 aliphatic carbocycles. The summed E-state index contributed by atoms with van der Waals surface area (Å²) in [5.41, 5.74) is 0.502. The van der Waals surface area contributed by atoms with Gasteiger partial charge in [-0.2, -0.15) is 0 Å². The first-order valence-corrected chi connectivity index (χ1v) is 10.2. The van der Waals surface area contributed by atoms with Crippen LogP contribution in [0.1, 0.15) is 10.4 Å². The minimum Gasteiger partial charge on any atom is -0.497 e. The monoisotopic (exact) mass is 434 g/mol. The van der Waals surface area contributed by atoms with Crippen LogP contribution in [0.3, 0.4) is 0 Å². The van der Waals surface area contributed by atoms with E-state index in [0.29, 0.717) is 11.4 Å². The van der Waals surface area contributed by atoms with Crippen LogP contribution in [-0.2, 0) is 10.0 Å². The quantitative estimate of drug-likeness (QED) is 0.596. The number of anilines is 2. The maximum Gasteiger partial charge on any atom is 0.262 e. The molecule has 0 saturated heterocycles. The van der Waals surface area contributed by atoms with Gasteiger partial charge in [0.1, 0.15) is 11.6 Å².